The summed E-state index contributed by atoms with van der Waals surface area (Å²) in [5.41, 5.74) is 4.58. The average molecular weight is 349 g/mol. The fourth-order valence-corrected chi connectivity index (χ4v) is 2.78. The minimum atomic E-state index is 0.114. The Hall–Kier alpha value is -1.78. The Morgan fingerprint density at radius 2 is 1.87 bits per heavy atom. The van der Waals surface area contributed by atoms with E-state index in [1.54, 1.807) is 19.2 Å². The maximum Gasteiger partial charge on any atom is 0.171 e. The number of thiocarbonyl (C=S) groups is 1. The number of ether oxygens (including phenoxy) is 1. The first-order chi connectivity index (χ1) is 10.9. The second-order valence-corrected chi connectivity index (χ2v) is 6.33. The van der Waals surface area contributed by atoms with E-state index in [9.17, 15) is 0 Å². The first-order valence-electron chi connectivity index (χ1n) is 7.39. The first kappa shape index (κ1) is 17.6. The van der Waals surface area contributed by atoms with Crippen LogP contribution in [0.4, 0.5) is 5.69 Å². The molecule has 0 aliphatic carbocycles. The van der Waals surface area contributed by atoms with Crippen molar-refractivity contribution >= 4 is 34.6 Å². The maximum atomic E-state index is 6.12. The lowest BCUT2D eigenvalue weighted by molar-refractivity contribution is 0.415. The fourth-order valence-electron chi connectivity index (χ4n) is 2.23. The molecule has 23 heavy (non-hydrogen) atoms. The van der Waals surface area contributed by atoms with E-state index in [1.807, 2.05) is 6.07 Å². The molecule has 0 aliphatic heterocycles. The van der Waals surface area contributed by atoms with Crippen LogP contribution < -0.4 is 15.4 Å². The number of hydrogen-bond acceptors (Lipinski definition) is 2. The van der Waals surface area contributed by atoms with Gasteiger partial charge in [0.15, 0.2) is 5.11 Å². The number of benzene rings is 2. The molecule has 0 fully saturated rings. The van der Waals surface area contributed by atoms with Gasteiger partial charge in [-0.1, -0.05) is 29.8 Å². The Bertz CT molecular complexity index is 718. The van der Waals surface area contributed by atoms with Crippen molar-refractivity contribution in [1.82, 2.24) is 5.32 Å². The molecule has 0 aromatic heterocycles. The van der Waals surface area contributed by atoms with Crippen molar-refractivity contribution < 1.29 is 4.74 Å². The van der Waals surface area contributed by atoms with Gasteiger partial charge in [0.2, 0.25) is 0 Å². The zero-order valence-electron chi connectivity index (χ0n) is 13.7. The molecule has 122 valence electrons. The van der Waals surface area contributed by atoms with E-state index in [4.69, 9.17) is 28.6 Å². The molecule has 2 aromatic rings. The van der Waals surface area contributed by atoms with Crippen molar-refractivity contribution in [3.05, 3.63) is 58.1 Å². The summed E-state index contributed by atoms with van der Waals surface area (Å²) in [4.78, 5) is 0. The number of methoxy groups -OCH3 is 1. The summed E-state index contributed by atoms with van der Waals surface area (Å²) in [6, 6.07) is 12.0. The zero-order chi connectivity index (χ0) is 17.0. The minimum absolute atomic E-state index is 0.114. The number of rotatable bonds is 4. The van der Waals surface area contributed by atoms with Gasteiger partial charge in [0.05, 0.1) is 18.2 Å². The van der Waals surface area contributed by atoms with Crippen molar-refractivity contribution in [2.75, 3.05) is 12.4 Å². The molecule has 2 rings (SSSR count). The Kier molecular flexibility index (Phi) is 5.85. The minimum Gasteiger partial charge on any atom is -0.495 e. The topological polar surface area (TPSA) is 33.3 Å². The van der Waals surface area contributed by atoms with Crippen LogP contribution in [-0.4, -0.2) is 12.2 Å². The molecule has 3 nitrogen and oxygen atoms in total. The lowest BCUT2D eigenvalue weighted by atomic mass is 10.0. The zero-order valence-corrected chi connectivity index (χ0v) is 15.3. The Morgan fingerprint density at radius 3 is 2.48 bits per heavy atom. The summed E-state index contributed by atoms with van der Waals surface area (Å²) in [6.07, 6.45) is 0. The predicted molar refractivity (Wildman–Crippen MR) is 102 cm³/mol. The summed E-state index contributed by atoms with van der Waals surface area (Å²) in [5.74, 6) is 0.639. The number of aryl methyl sites for hydroxylation is 2. The molecule has 0 spiro atoms. The third-order valence-corrected chi connectivity index (χ3v) is 4.30. The highest BCUT2D eigenvalue weighted by Gasteiger charge is 2.09. The van der Waals surface area contributed by atoms with Gasteiger partial charge in [-0.2, -0.15) is 0 Å². The van der Waals surface area contributed by atoms with E-state index in [0.29, 0.717) is 15.9 Å². The summed E-state index contributed by atoms with van der Waals surface area (Å²) in [5, 5.41) is 7.52. The van der Waals surface area contributed by atoms with Crippen LogP contribution in [0.3, 0.4) is 0 Å². The molecule has 1 atom stereocenters. The summed E-state index contributed by atoms with van der Waals surface area (Å²) >= 11 is 11.5. The maximum absolute atomic E-state index is 6.12. The number of anilines is 1. The predicted octanol–water partition coefficient (Wildman–Crippen LogP) is 5.01. The Labute approximate surface area is 148 Å². The van der Waals surface area contributed by atoms with Crippen LogP contribution in [0, 0.1) is 13.8 Å². The lowest BCUT2D eigenvalue weighted by Gasteiger charge is -2.18. The molecule has 2 aromatic carbocycles. The molecule has 5 heteroatoms. The van der Waals surface area contributed by atoms with Gasteiger partial charge in [-0.25, -0.2) is 0 Å². The smallest absolute Gasteiger partial charge is 0.171 e. The SMILES string of the molecule is COc1ccc(NC(=S)N[C@H](C)c2ccc(C)c(C)c2)cc1Cl. The molecule has 0 heterocycles. The number of nitrogens with one attached hydrogen (secondary N) is 2. The van der Waals surface area contributed by atoms with E-state index in [2.05, 4.69) is 49.6 Å². The van der Waals surface area contributed by atoms with Crippen LogP contribution in [0.2, 0.25) is 5.02 Å². The van der Waals surface area contributed by atoms with Crippen molar-refractivity contribution in [1.29, 1.82) is 0 Å². The van der Waals surface area contributed by atoms with Gasteiger partial charge in [-0.3, -0.25) is 0 Å². The van der Waals surface area contributed by atoms with Crippen LogP contribution in [0.5, 0.6) is 5.75 Å². The molecule has 0 saturated carbocycles. The molecular formula is C18H21ClN2OS. The average Bonchev–Trinajstić information content (AvgIpc) is 2.50. The highest BCUT2D eigenvalue weighted by molar-refractivity contribution is 7.80. The van der Waals surface area contributed by atoms with Crippen LogP contribution in [0.1, 0.15) is 29.7 Å². The molecule has 0 unspecified atom stereocenters. The molecular weight excluding hydrogens is 328 g/mol. The highest BCUT2D eigenvalue weighted by Crippen LogP contribution is 2.27. The summed E-state index contributed by atoms with van der Waals surface area (Å²) in [6.45, 7) is 6.30. The van der Waals surface area contributed by atoms with E-state index in [0.717, 1.165) is 5.69 Å². The second kappa shape index (κ2) is 7.66. The van der Waals surface area contributed by atoms with Gasteiger partial charge >= 0.3 is 0 Å². The largest absolute Gasteiger partial charge is 0.495 e. The molecule has 2 N–H and O–H groups in total. The first-order valence-corrected chi connectivity index (χ1v) is 8.17. The summed E-state index contributed by atoms with van der Waals surface area (Å²) in [7, 11) is 1.59. The van der Waals surface area contributed by atoms with Crippen molar-refractivity contribution in [3.63, 3.8) is 0 Å². The number of halogens is 1. The van der Waals surface area contributed by atoms with E-state index >= 15 is 0 Å². The van der Waals surface area contributed by atoms with E-state index < -0.39 is 0 Å². The van der Waals surface area contributed by atoms with E-state index in [1.165, 1.54) is 16.7 Å². The molecule has 0 aliphatic rings. The van der Waals surface area contributed by atoms with Crippen LogP contribution in [-0.2, 0) is 0 Å². The lowest BCUT2D eigenvalue weighted by Crippen LogP contribution is -2.30. The normalized spacial score (nSPS) is 11.7. The molecule has 0 amide bonds. The third-order valence-electron chi connectivity index (χ3n) is 3.79. The monoisotopic (exact) mass is 348 g/mol. The third kappa shape index (κ3) is 4.60. The Balaban J connectivity index is 2.01. The highest BCUT2D eigenvalue weighted by atomic mass is 35.5. The van der Waals surface area contributed by atoms with Crippen LogP contribution in [0.15, 0.2) is 36.4 Å². The Morgan fingerprint density at radius 1 is 1.13 bits per heavy atom. The van der Waals surface area contributed by atoms with Crippen molar-refractivity contribution in [2.24, 2.45) is 0 Å². The van der Waals surface area contributed by atoms with Crippen molar-refractivity contribution in [3.8, 4) is 5.75 Å². The second-order valence-electron chi connectivity index (χ2n) is 5.51. The molecule has 0 radical (unpaired) electrons. The van der Waals surface area contributed by atoms with Gasteiger partial charge in [0.25, 0.3) is 0 Å². The molecule has 0 saturated heterocycles. The number of hydrogen-bond donors (Lipinski definition) is 2. The van der Waals surface area contributed by atoms with Crippen molar-refractivity contribution in [2.45, 2.75) is 26.8 Å². The van der Waals surface area contributed by atoms with Gasteiger partial charge in [0.1, 0.15) is 5.75 Å². The fraction of sp³-hybridized carbons (Fsp3) is 0.278. The van der Waals surface area contributed by atoms with Crippen LogP contribution >= 0.6 is 23.8 Å². The van der Waals surface area contributed by atoms with E-state index in [-0.39, 0.29) is 6.04 Å². The van der Waals surface area contributed by atoms with Gasteiger partial charge in [-0.05, 0) is 67.9 Å². The van der Waals surface area contributed by atoms with Gasteiger partial charge in [0, 0.05) is 5.69 Å². The van der Waals surface area contributed by atoms with Gasteiger partial charge < -0.3 is 15.4 Å². The quantitative estimate of drug-likeness (QED) is 0.761. The molecule has 0 bridgehead atoms. The van der Waals surface area contributed by atoms with Gasteiger partial charge in [-0.15, -0.1) is 0 Å². The summed E-state index contributed by atoms with van der Waals surface area (Å²) < 4.78 is 5.14. The standard InChI is InChI=1S/C18H21ClN2OS/c1-11-5-6-14(9-12(11)2)13(3)20-18(23)21-15-7-8-17(22-4)16(19)10-15/h5-10,13H,1-4H3,(H2,20,21,23)/t13-/m1/s1. The van der Waals surface area contributed by atoms with Crippen LogP contribution in [0.25, 0.3) is 0 Å².